The van der Waals surface area contributed by atoms with Gasteiger partial charge in [0.1, 0.15) is 5.75 Å². The number of hydrogen-bond donors (Lipinski definition) is 1. The standard InChI is InChI=1S/C13H12N2O4/c1-19-10-4-2-9(3-5-10)8-15-7-6-14-11(12(15)16)13(17)18/h2-7H,8H2,1H3,(H,17,18). The first kappa shape index (κ1) is 12.8. The molecule has 0 bridgehead atoms. The van der Waals surface area contributed by atoms with Gasteiger partial charge in [-0.1, -0.05) is 12.1 Å². The van der Waals surface area contributed by atoms with Crippen molar-refractivity contribution in [2.45, 2.75) is 6.54 Å². The Morgan fingerprint density at radius 2 is 2.05 bits per heavy atom. The molecule has 19 heavy (non-hydrogen) atoms. The van der Waals surface area contributed by atoms with Gasteiger partial charge in [0.2, 0.25) is 5.69 Å². The van der Waals surface area contributed by atoms with Crippen molar-refractivity contribution >= 4 is 5.97 Å². The third-order valence-corrected chi connectivity index (χ3v) is 2.63. The molecule has 0 spiro atoms. The van der Waals surface area contributed by atoms with E-state index >= 15 is 0 Å². The van der Waals surface area contributed by atoms with Crippen molar-refractivity contribution in [2.75, 3.05) is 7.11 Å². The van der Waals surface area contributed by atoms with Gasteiger partial charge in [-0.3, -0.25) is 4.79 Å². The Labute approximate surface area is 108 Å². The molecular weight excluding hydrogens is 248 g/mol. The largest absolute Gasteiger partial charge is 0.497 e. The summed E-state index contributed by atoms with van der Waals surface area (Å²) in [5.74, 6) is -0.605. The number of carboxylic acids is 1. The summed E-state index contributed by atoms with van der Waals surface area (Å²) in [5.41, 5.74) is -0.229. The quantitative estimate of drug-likeness (QED) is 0.886. The molecule has 0 aliphatic rings. The molecule has 2 rings (SSSR count). The number of ether oxygens (including phenoxy) is 1. The number of rotatable bonds is 4. The van der Waals surface area contributed by atoms with Gasteiger partial charge in [-0.25, -0.2) is 9.78 Å². The van der Waals surface area contributed by atoms with Gasteiger partial charge < -0.3 is 14.4 Å². The highest BCUT2D eigenvalue weighted by Crippen LogP contribution is 2.11. The Morgan fingerprint density at radius 1 is 1.37 bits per heavy atom. The van der Waals surface area contributed by atoms with Crippen LogP contribution in [0.15, 0.2) is 41.5 Å². The lowest BCUT2D eigenvalue weighted by molar-refractivity contribution is 0.0687. The van der Waals surface area contributed by atoms with E-state index < -0.39 is 17.2 Å². The van der Waals surface area contributed by atoms with Gasteiger partial charge in [-0.15, -0.1) is 0 Å². The van der Waals surface area contributed by atoms with E-state index in [2.05, 4.69) is 4.98 Å². The molecule has 1 aromatic heterocycles. The molecule has 0 saturated heterocycles. The second kappa shape index (κ2) is 5.34. The molecule has 98 valence electrons. The predicted octanol–water partition coefficient (Wildman–Crippen LogP) is 0.998. The first-order chi connectivity index (χ1) is 9.11. The van der Waals surface area contributed by atoms with Crippen LogP contribution in [-0.2, 0) is 6.54 Å². The summed E-state index contributed by atoms with van der Waals surface area (Å²) in [4.78, 5) is 26.2. The second-order valence-electron chi connectivity index (χ2n) is 3.86. The van der Waals surface area contributed by atoms with Crippen molar-refractivity contribution < 1.29 is 14.6 Å². The second-order valence-corrected chi connectivity index (χ2v) is 3.86. The highest BCUT2D eigenvalue weighted by Gasteiger charge is 2.12. The molecule has 0 radical (unpaired) electrons. The van der Waals surface area contributed by atoms with Gasteiger partial charge in [0.25, 0.3) is 5.56 Å². The molecular formula is C13H12N2O4. The van der Waals surface area contributed by atoms with E-state index in [1.807, 2.05) is 12.1 Å². The average Bonchev–Trinajstić information content (AvgIpc) is 2.41. The fourth-order valence-corrected chi connectivity index (χ4v) is 1.65. The third kappa shape index (κ3) is 2.79. The van der Waals surface area contributed by atoms with Gasteiger partial charge in [-0.05, 0) is 17.7 Å². The third-order valence-electron chi connectivity index (χ3n) is 2.63. The fourth-order valence-electron chi connectivity index (χ4n) is 1.65. The lowest BCUT2D eigenvalue weighted by atomic mass is 10.2. The lowest BCUT2D eigenvalue weighted by Gasteiger charge is -2.07. The van der Waals surface area contributed by atoms with Crippen LogP contribution < -0.4 is 10.3 Å². The molecule has 6 nitrogen and oxygen atoms in total. The van der Waals surface area contributed by atoms with E-state index in [-0.39, 0.29) is 6.54 Å². The summed E-state index contributed by atoms with van der Waals surface area (Å²) in [6, 6.07) is 7.18. The van der Waals surface area contributed by atoms with Crippen LogP contribution >= 0.6 is 0 Å². The Hall–Kier alpha value is -2.63. The van der Waals surface area contributed by atoms with Crippen molar-refractivity contribution in [3.8, 4) is 5.75 Å². The Balaban J connectivity index is 2.30. The summed E-state index contributed by atoms with van der Waals surface area (Å²) in [6.07, 6.45) is 2.76. The van der Waals surface area contributed by atoms with E-state index in [1.165, 1.54) is 17.0 Å². The van der Waals surface area contributed by atoms with Crippen LogP contribution in [-0.4, -0.2) is 27.7 Å². The zero-order valence-electron chi connectivity index (χ0n) is 10.2. The molecule has 1 aromatic carbocycles. The lowest BCUT2D eigenvalue weighted by Crippen LogP contribution is -2.27. The van der Waals surface area contributed by atoms with Crippen molar-refractivity contribution in [3.05, 3.63) is 58.3 Å². The van der Waals surface area contributed by atoms with E-state index in [9.17, 15) is 9.59 Å². The molecule has 2 aromatic rings. The molecule has 6 heteroatoms. The Bertz CT molecular complexity index is 646. The molecule has 0 saturated carbocycles. The van der Waals surface area contributed by atoms with Crippen molar-refractivity contribution in [2.24, 2.45) is 0 Å². The normalized spacial score (nSPS) is 10.2. The van der Waals surface area contributed by atoms with Gasteiger partial charge >= 0.3 is 5.97 Å². The van der Waals surface area contributed by atoms with Gasteiger partial charge in [0.15, 0.2) is 0 Å². The number of hydrogen-bond acceptors (Lipinski definition) is 4. The highest BCUT2D eigenvalue weighted by atomic mass is 16.5. The number of aromatic nitrogens is 2. The number of methoxy groups -OCH3 is 1. The molecule has 0 fully saturated rings. The summed E-state index contributed by atoms with van der Waals surface area (Å²) < 4.78 is 6.34. The van der Waals surface area contributed by atoms with E-state index in [1.54, 1.807) is 19.2 Å². The average molecular weight is 260 g/mol. The van der Waals surface area contributed by atoms with Gasteiger partial charge in [0, 0.05) is 12.4 Å². The van der Waals surface area contributed by atoms with Crippen molar-refractivity contribution in [1.82, 2.24) is 9.55 Å². The summed E-state index contributed by atoms with van der Waals surface area (Å²) in [5, 5.41) is 8.83. The molecule has 0 atom stereocenters. The zero-order valence-corrected chi connectivity index (χ0v) is 10.2. The monoisotopic (exact) mass is 260 g/mol. The summed E-state index contributed by atoms with van der Waals surface area (Å²) in [7, 11) is 1.57. The number of carbonyl (C=O) groups is 1. The first-order valence-corrected chi connectivity index (χ1v) is 5.53. The van der Waals surface area contributed by atoms with E-state index in [4.69, 9.17) is 9.84 Å². The number of carboxylic acid groups (broad SMARTS) is 1. The smallest absolute Gasteiger partial charge is 0.360 e. The minimum Gasteiger partial charge on any atom is -0.497 e. The minimum atomic E-state index is -1.32. The maximum Gasteiger partial charge on any atom is 0.360 e. The molecule has 1 heterocycles. The van der Waals surface area contributed by atoms with Crippen molar-refractivity contribution in [3.63, 3.8) is 0 Å². The topological polar surface area (TPSA) is 81.4 Å². The van der Waals surface area contributed by atoms with Crippen LogP contribution in [0.1, 0.15) is 16.1 Å². The van der Waals surface area contributed by atoms with E-state index in [0.29, 0.717) is 0 Å². The molecule has 0 aliphatic carbocycles. The van der Waals surface area contributed by atoms with Crippen LogP contribution in [0.2, 0.25) is 0 Å². The summed E-state index contributed by atoms with van der Waals surface area (Å²) in [6.45, 7) is 0.283. The fraction of sp³-hybridized carbons (Fsp3) is 0.154. The van der Waals surface area contributed by atoms with Crippen molar-refractivity contribution in [1.29, 1.82) is 0 Å². The van der Waals surface area contributed by atoms with E-state index in [0.717, 1.165) is 11.3 Å². The molecule has 0 unspecified atom stereocenters. The van der Waals surface area contributed by atoms with Crippen LogP contribution in [0.5, 0.6) is 5.75 Å². The maximum absolute atomic E-state index is 11.8. The SMILES string of the molecule is COc1ccc(Cn2ccnc(C(=O)O)c2=O)cc1. The minimum absolute atomic E-state index is 0.283. The molecule has 0 aliphatic heterocycles. The number of aromatic carboxylic acids is 1. The maximum atomic E-state index is 11.8. The van der Waals surface area contributed by atoms with Crippen LogP contribution in [0.4, 0.5) is 0 Å². The van der Waals surface area contributed by atoms with Gasteiger partial charge in [-0.2, -0.15) is 0 Å². The highest BCUT2D eigenvalue weighted by molar-refractivity contribution is 5.84. The van der Waals surface area contributed by atoms with Crippen LogP contribution in [0.25, 0.3) is 0 Å². The Morgan fingerprint density at radius 3 is 2.63 bits per heavy atom. The summed E-state index contributed by atoms with van der Waals surface area (Å²) >= 11 is 0. The van der Waals surface area contributed by atoms with Gasteiger partial charge in [0.05, 0.1) is 13.7 Å². The number of benzene rings is 1. The first-order valence-electron chi connectivity index (χ1n) is 5.53. The molecule has 0 amide bonds. The van der Waals surface area contributed by atoms with Crippen LogP contribution in [0, 0.1) is 0 Å². The van der Waals surface area contributed by atoms with Crippen LogP contribution in [0.3, 0.4) is 0 Å². The molecule has 1 N–H and O–H groups in total. The predicted molar refractivity (Wildman–Crippen MR) is 67.6 cm³/mol. The zero-order chi connectivity index (χ0) is 13.8. The Kier molecular flexibility index (Phi) is 3.61. The number of nitrogens with zero attached hydrogens (tertiary/aromatic N) is 2.